The molecule has 30 heteroatoms. The number of unbranched alkanes of at least 4 members (excludes halogenated alkanes) is 1. The number of phenolic OH excluding ortho intramolecular Hbond substituents is 2. The summed E-state index contributed by atoms with van der Waals surface area (Å²) in [6.45, 7) is 6.61. The molecule has 3 aromatic rings. The minimum atomic E-state index is -1.32. The molecule has 13 N–H and O–H groups in total. The van der Waals surface area contributed by atoms with Gasteiger partial charge in [0.25, 0.3) is 0 Å². The third-order valence-electron chi connectivity index (χ3n) is 7.86. The van der Waals surface area contributed by atoms with Crippen LogP contribution in [0.3, 0.4) is 0 Å². The molecule has 0 heterocycles. The minimum absolute atomic E-state index is 0. The number of aliphatic hydroxyl groups is 1. The minimum Gasteiger partial charge on any atom is -0.507 e. The molecular weight excluding hydrogens is 1520 g/mol. The first kappa shape index (κ1) is 89.9. The van der Waals surface area contributed by atoms with Crippen molar-refractivity contribution in [2.45, 2.75) is 67.6 Å². The fourth-order valence-corrected chi connectivity index (χ4v) is 4.56. The van der Waals surface area contributed by atoms with Crippen LogP contribution >= 0.6 is 0 Å². The van der Waals surface area contributed by atoms with Gasteiger partial charge in [-0.05, 0) is 74.3 Å². The number of ether oxygens (including phenoxy) is 4. The summed E-state index contributed by atoms with van der Waals surface area (Å²) in [6, 6.07) is 11.5. The summed E-state index contributed by atoms with van der Waals surface area (Å²) in [5.74, 6) is -4.50. The van der Waals surface area contributed by atoms with Gasteiger partial charge < -0.3 is 70.9 Å². The van der Waals surface area contributed by atoms with E-state index in [2.05, 4.69) is 42.6 Å². The monoisotopic (exact) mass is 1590 g/mol. The molecule has 428 valence electrons. The molecule has 78 heavy (non-hydrogen) atoms. The third kappa shape index (κ3) is 46.2. The largest absolute Gasteiger partial charge is 0.507 e. The van der Waals surface area contributed by atoms with Crippen molar-refractivity contribution in [1.29, 1.82) is 0 Å². The van der Waals surface area contributed by atoms with E-state index in [0.29, 0.717) is 12.2 Å². The van der Waals surface area contributed by atoms with E-state index < -0.39 is 48.9 Å². The summed E-state index contributed by atoms with van der Waals surface area (Å²) < 4.78 is 18.5. The molecule has 0 aliphatic rings. The van der Waals surface area contributed by atoms with Crippen molar-refractivity contribution in [3.63, 3.8) is 0 Å². The van der Waals surface area contributed by atoms with E-state index in [1.54, 1.807) is 19.0 Å². The van der Waals surface area contributed by atoms with Crippen molar-refractivity contribution < 1.29 is 201 Å². The number of isocyanates is 1. The van der Waals surface area contributed by atoms with Crippen LogP contribution in [0.1, 0.15) is 91.9 Å². The number of esters is 2. The van der Waals surface area contributed by atoms with E-state index in [1.165, 1.54) is 62.8 Å². The number of carbonyl (C=O) groups excluding carboxylic acids is 6. The standard InChI is InChI=1S/C16H20N2O6.C11H14N2O5.C9H7NO4.C7H12O2.C3H10BNO2.2CH4.2W.2Y/c1-2-3-4-5-14(20)17-8-9-24-16(23)18-11-6-7-13(19)12(10-11)15(21)22;1-17-10(15)8-6-7(2-3-9(8)14)13-11(16)18-5-4-12;1-14-9(13)7-4-6(10-5-11)2-3-8(7)12;1-2-3-4-5-6-7(8)9;1-4(7)5-2-3-6;;;;;;/h3-4,6-7,10,19H,2,5,8-9H2,1H3,(H,17,20)(H,18,23)(H,21,22);2-3,6,14H,4-5,12H2,1H3,(H,13,16);2-4,12H,1H3;4-5H,2-3,6H2,1H3,(H,8,9);5-7H,2-3H2,1H3;2*1H4;;;;/b4-3-;;;5-4-;;;;;;;. The van der Waals surface area contributed by atoms with Gasteiger partial charge in [-0.25, -0.2) is 28.8 Å². The van der Waals surface area contributed by atoms with Crippen LogP contribution in [-0.2, 0) is 141 Å². The van der Waals surface area contributed by atoms with Crippen LogP contribution in [0.2, 0.25) is 6.82 Å². The van der Waals surface area contributed by atoms with Gasteiger partial charge in [-0.1, -0.05) is 59.4 Å². The summed E-state index contributed by atoms with van der Waals surface area (Å²) >= 11 is 0. The number of anilines is 2. The zero-order valence-electron chi connectivity index (χ0n) is 42.4. The first-order valence-corrected chi connectivity index (χ1v) is 21.6. The number of carboxylic acid groups (broad SMARTS) is 2. The number of nitrogens with one attached hydrogen (secondary N) is 4. The number of aliphatic carboxylic acids is 1. The topological polar surface area (TPSA) is 402 Å². The van der Waals surface area contributed by atoms with E-state index in [-0.39, 0.29) is 214 Å². The predicted octanol–water partition coefficient (Wildman–Crippen LogP) is 5.70. The summed E-state index contributed by atoms with van der Waals surface area (Å²) in [5.41, 5.74) is 5.46. The molecule has 3 aromatic carbocycles. The van der Waals surface area contributed by atoms with Crippen molar-refractivity contribution in [2.24, 2.45) is 10.7 Å². The number of aliphatic hydroxyl groups excluding tert-OH is 1. The number of carboxylic acids is 2. The number of rotatable bonds is 21. The molecule has 0 fully saturated rings. The van der Waals surface area contributed by atoms with E-state index >= 15 is 0 Å². The summed E-state index contributed by atoms with van der Waals surface area (Å²) in [4.78, 5) is 90.6. The number of phenols is 3. The van der Waals surface area contributed by atoms with E-state index in [9.17, 15) is 53.7 Å². The fourth-order valence-electron chi connectivity index (χ4n) is 4.56. The maximum atomic E-state index is 11.6. The third-order valence-corrected chi connectivity index (χ3v) is 7.86. The van der Waals surface area contributed by atoms with Crippen LogP contribution < -0.4 is 26.9 Å². The number of amides is 3. The Labute approximate surface area is 533 Å². The van der Waals surface area contributed by atoms with Gasteiger partial charge in [0.2, 0.25) is 12.0 Å². The number of nitrogens with zero attached hydrogens (tertiary/aromatic N) is 1. The molecule has 0 atom stereocenters. The van der Waals surface area contributed by atoms with Gasteiger partial charge in [0.05, 0.1) is 39.5 Å². The van der Waals surface area contributed by atoms with Gasteiger partial charge in [0.15, 0.2) is 0 Å². The van der Waals surface area contributed by atoms with Gasteiger partial charge in [0.1, 0.15) is 47.2 Å². The molecule has 0 bridgehead atoms. The Bertz CT molecular complexity index is 2300. The smallest absolute Gasteiger partial charge is 0.411 e. The zero-order chi connectivity index (χ0) is 54.9. The van der Waals surface area contributed by atoms with Crippen molar-refractivity contribution in [1.82, 2.24) is 10.5 Å². The Kier molecular flexibility index (Phi) is 65.7. The van der Waals surface area contributed by atoms with Crippen molar-refractivity contribution >= 4 is 72.2 Å². The number of methoxy groups -OCH3 is 2. The number of hydrogen-bond donors (Lipinski definition) is 12. The van der Waals surface area contributed by atoms with Crippen molar-refractivity contribution in [2.75, 3.05) is 64.3 Å². The average molecular weight is 1590 g/mol. The van der Waals surface area contributed by atoms with Crippen LogP contribution in [0.25, 0.3) is 0 Å². The molecule has 3 rings (SSSR count). The second-order valence-electron chi connectivity index (χ2n) is 13.6. The van der Waals surface area contributed by atoms with Crippen LogP contribution in [0, 0.1) is 0 Å². The number of benzene rings is 3. The Morgan fingerprint density at radius 2 is 1.18 bits per heavy atom. The molecule has 0 aliphatic carbocycles. The number of hydrogen-bond acceptors (Lipinski definition) is 20. The van der Waals surface area contributed by atoms with Gasteiger partial charge in [-0.2, -0.15) is 4.99 Å². The quantitative estimate of drug-likeness (QED) is 0.00889. The maximum Gasteiger partial charge on any atom is 0.411 e. The molecule has 0 spiro atoms. The van der Waals surface area contributed by atoms with Crippen molar-refractivity contribution in [3.8, 4) is 17.2 Å². The number of allylic oxidation sites excluding steroid dienone is 2. The first-order valence-electron chi connectivity index (χ1n) is 21.6. The Morgan fingerprint density at radius 3 is 1.60 bits per heavy atom. The van der Waals surface area contributed by atoms with Crippen LogP contribution in [-0.4, -0.2) is 144 Å². The molecule has 0 saturated heterocycles. The maximum absolute atomic E-state index is 11.6. The second kappa shape index (κ2) is 57.0. The molecule has 0 aromatic heterocycles. The SMILES string of the molecule is C.C.CB(O)NCCO.CC/C=C\CC(=O)NCCOC(=O)Nc1ccc(O)c(C(=O)O)c1.CCC/C=C\CC(=O)O.COC(=O)c1cc(N=C=O)ccc1O.COC(=O)c1cc(NC(=O)OCCN)ccc1O.[W].[W].[Y].[Y]. The van der Waals surface area contributed by atoms with Crippen LogP contribution in [0.5, 0.6) is 17.2 Å². The van der Waals surface area contributed by atoms with Crippen LogP contribution in [0.15, 0.2) is 83.9 Å². The normalized spacial score (nSPS) is 9.03. The Balaban J connectivity index is -0.000000136. The summed E-state index contributed by atoms with van der Waals surface area (Å²) in [5, 5.41) is 71.6. The molecule has 3 amide bonds. The van der Waals surface area contributed by atoms with Gasteiger partial charge in [-0.15, -0.1) is 0 Å². The average Bonchev–Trinajstić information content (AvgIpc) is 3.35. The van der Waals surface area contributed by atoms with Crippen molar-refractivity contribution in [3.05, 3.63) is 95.6 Å². The number of aromatic hydroxyl groups is 3. The molecule has 0 aliphatic heterocycles. The molecule has 2 radical (unpaired) electrons. The first-order chi connectivity index (χ1) is 34.2. The van der Waals surface area contributed by atoms with Crippen LogP contribution in [0.4, 0.5) is 26.7 Å². The molecule has 0 unspecified atom stereocenters. The number of aromatic carboxylic acids is 1. The summed E-state index contributed by atoms with van der Waals surface area (Å²) in [7, 11) is 1.88. The number of carbonyl (C=O) groups is 7. The Hall–Kier alpha value is -4.70. The second-order valence-corrected chi connectivity index (χ2v) is 13.6. The molecule has 25 nitrogen and oxygen atoms in total. The van der Waals surface area contributed by atoms with Gasteiger partial charge in [0, 0.05) is 138 Å². The number of nitrogens with two attached hydrogens (primary N) is 1. The summed E-state index contributed by atoms with van der Waals surface area (Å²) in [6.07, 6.45) is 10.4. The number of aliphatic imine (C=N–C) groups is 1. The van der Waals surface area contributed by atoms with E-state index in [1.807, 2.05) is 19.1 Å². The Morgan fingerprint density at radius 1 is 0.705 bits per heavy atom. The van der Waals surface area contributed by atoms with E-state index in [0.717, 1.165) is 31.4 Å². The van der Waals surface area contributed by atoms with Gasteiger partial charge in [-0.3, -0.25) is 20.2 Å². The fraction of sp³-hybridized carbons (Fsp3) is 0.375. The van der Waals surface area contributed by atoms with E-state index in [4.69, 9.17) is 35.6 Å². The predicted molar refractivity (Wildman–Crippen MR) is 276 cm³/mol. The molecule has 0 saturated carbocycles. The van der Waals surface area contributed by atoms with Gasteiger partial charge >= 0.3 is 43.1 Å². The zero-order valence-corrected chi connectivity index (χ0v) is 53.9. The molecular formula is C48H71BN6O19W2Y2.